The van der Waals surface area contributed by atoms with Crippen LogP contribution in [0.3, 0.4) is 0 Å². The van der Waals surface area contributed by atoms with Crippen molar-refractivity contribution in [2.45, 2.75) is 64.1 Å². The number of benzene rings is 2. The molecule has 0 amide bonds. The molecule has 0 spiro atoms. The Bertz CT molecular complexity index is 1210. The molecular weight excluding hydrogens is 536 g/mol. The fourth-order valence-corrected chi connectivity index (χ4v) is 4.94. The van der Waals surface area contributed by atoms with Crippen LogP contribution in [0.5, 0.6) is 11.5 Å². The fraction of sp³-hybridized carbons (Fsp3) is 0.424. The number of cyclic esters (lactones) is 1. The Labute approximate surface area is 245 Å². The molecule has 7 nitrogen and oxygen atoms in total. The van der Waals surface area contributed by atoms with Crippen molar-refractivity contribution in [2.24, 2.45) is 0 Å². The molecule has 3 rings (SSSR count). The zero-order valence-electron chi connectivity index (χ0n) is 25.3. The van der Waals surface area contributed by atoms with E-state index < -0.39 is 26.5 Å². The molecule has 1 aliphatic rings. The Morgan fingerprint density at radius 1 is 0.951 bits per heavy atom. The van der Waals surface area contributed by atoms with Crippen LogP contribution in [0.4, 0.5) is 0 Å². The number of hydrogen-bond donors (Lipinski definition) is 0. The summed E-state index contributed by atoms with van der Waals surface area (Å²) in [7, 11) is 0.954. The largest absolute Gasteiger partial charge is 0.543 e. The van der Waals surface area contributed by atoms with Gasteiger partial charge in [-0.2, -0.15) is 0 Å². The molecule has 1 heterocycles. The molecule has 0 N–H and O–H groups in total. The van der Waals surface area contributed by atoms with Crippen LogP contribution in [-0.2, 0) is 25.6 Å². The minimum absolute atomic E-state index is 0.0444. The third-order valence-corrected chi connectivity index (χ3v) is 11.7. The van der Waals surface area contributed by atoms with Gasteiger partial charge in [0.25, 0.3) is 8.32 Å². The van der Waals surface area contributed by atoms with E-state index in [9.17, 15) is 4.79 Å². The molecule has 2 atom stereocenters. The first kappa shape index (κ1) is 32.3. The molecule has 0 aromatic heterocycles. The lowest BCUT2D eigenvalue weighted by atomic mass is 10.0. The molecule has 8 heteroatoms. The van der Waals surface area contributed by atoms with E-state index >= 15 is 0 Å². The lowest BCUT2D eigenvalue weighted by Gasteiger charge is -2.37. The van der Waals surface area contributed by atoms with Gasteiger partial charge in [-0.25, -0.2) is 4.79 Å². The second kappa shape index (κ2) is 15.2. The normalized spacial score (nSPS) is 20.1. The monoisotopic (exact) mass is 580 g/mol. The SMILES string of the molecule is COCO[C@H]1\C=C/C=C\C=C\c2cccc(O[Si](C)(C)C(C)(C)C)c2C(=O)O[C@H]1CCOCc1ccc(OC)cc1. The van der Waals surface area contributed by atoms with E-state index in [0.717, 1.165) is 16.9 Å². The summed E-state index contributed by atoms with van der Waals surface area (Å²) in [5.41, 5.74) is 2.15. The number of allylic oxidation sites excluding steroid dienone is 4. The summed E-state index contributed by atoms with van der Waals surface area (Å²) in [4.78, 5) is 13.9. The van der Waals surface area contributed by atoms with Crippen molar-refractivity contribution in [3.8, 4) is 11.5 Å². The minimum Gasteiger partial charge on any atom is -0.543 e. The number of ether oxygens (including phenoxy) is 5. The number of carbonyl (C=O) groups is 1. The Morgan fingerprint density at radius 2 is 1.68 bits per heavy atom. The van der Waals surface area contributed by atoms with E-state index in [1.807, 2.05) is 78.9 Å². The van der Waals surface area contributed by atoms with Crippen LogP contribution in [0, 0.1) is 0 Å². The van der Waals surface area contributed by atoms with Gasteiger partial charge in [0.2, 0.25) is 0 Å². The molecule has 0 aliphatic carbocycles. The summed E-state index contributed by atoms with van der Waals surface area (Å²) in [5, 5.41) is -0.0444. The Hall–Kier alpha value is -3.17. The van der Waals surface area contributed by atoms with E-state index in [1.165, 1.54) is 0 Å². The van der Waals surface area contributed by atoms with Crippen molar-refractivity contribution < 1.29 is 32.9 Å². The highest BCUT2D eigenvalue weighted by atomic mass is 28.4. The Balaban J connectivity index is 1.88. The molecule has 0 fully saturated rings. The van der Waals surface area contributed by atoms with Crippen molar-refractivity contribution in [3.63, 3.8) is 0 Å². The maximum absolute atomic E-state index is 13.9. The molecule has 0 bridgehead atoms. The molecule has 222 valence electrons. The van der Waals surface area contributed by atoms with E-state index in [1.54, 1.807) is 14.2 Å². The predicted octanol–water partition coefficient (Wildman–Crippen LogP) is 7.34. The molecule has 2 aromatic rings. The van der Waals surface area contributed by atoms with Crippen LogP contribution in [-0.4, -0.2) is 54.1 Å². The topological polar surface area (TPSA) is 72.5 Å². The predicted molar refractivity (Wildman–Crippen MR) is 165 cm³/mol. The molecule has 1 aliphatic heterocycles. The number of methoxy groups -OCH3 is 2. The minimum atomic E-state index is -2.24. The summed E-state index contributed by atoms with van der Waals surface area (Å²) in [6.45, 7) is 11.7. The first-order chi connectivity index (χ1) is 19.6. The molecule has 41 heavy (non-hydrogen) atoms. The lowest BCUT2D eigenvalue weighted by Crippen LogP contribution is -2.44. The lowest BCUT2D eigenvalue weighted by molar-refractivity contribution is -0.103. The van der Waals surface area contributed by atoms with E-state index in [-0.39, 0.29) is 11.8 Å². The second-order valence-corrected chi connectivity index (χ2v) is 16.1. The van der Waals surface area contributed by atoms with Crippen LogP contribution in [0.1, 0.15) is 48.7 Å². The van der Waals surface area contributed by atoms with Gasteiger partial charge < -0.3 is 28.1 Å². The number of fused-ring (bicyclic) bond motifs is 1. The third kappa shape index (κ3) is 9.43. The van der Waals surface area contributed by atoms with Gasteiger partial charge in [0.1, 0.15) is 36.1 Å². The highest BCUT2D eigenvalue weighted by molar-refractivity contribution is 6.74. The number of carbonyl (C=O) groups excluding carboxylic acids is 1. The van der Waals surface area contributed by atoms with Gasteiger partial charge in [0.15, 0.2) is 0 Å². The fourth-order valence-electron chi connectivity index (χ4n) is 3.91. The molecule has 0 saturated carbocycles. The summed E-state index contributed by atoms with van der Waals surface area (Å²) in [6, 6.07) is 13.4. The van der Waals surface area contributed by atoms with Gasteiger partial charge in [0.05, 0.1) is 20.3 Å². The van der Waals surface area contributed by atoms with Crippen LogP contribution < -0.4 is 9.16 Å². The van der Waals surface area contributed by atoms with Gasteiger partial charge in [-0.05, 0) is 47.5 Å². The summed E-state index contributed by atoms with van der Waals surface area (Å²) in [5.74, 6) is 0.854. The van der Waals surface area contributed by atoms with E-state index in [2.05, 4.69) is 33.9 Å². The standard InChI is InChI=1S/C33H44O7Si/c1-33(2,3)41(6,7)40-30-16-12-14-26-13-10-8-9-11-15-28(38-24-35-4)29(39-32(34)31(26)30)21-22-37-23-25-17-19-27(36-5)20-18-25/h8-20,28-29H,21-24H2,1-7H3/b9-8-,13-10+,15-11-/t28-,29-/m0/s1. The van der Waals surface area contributed by atoms with Crippen molar-refractivity contribution in [3.05, 3.63) is 89.5 Å². The number of esters is 1. The molecular formula is C33H44O7Si. The maximum Gasteiger partial charge on any atom is 0.342 e. The molecule has 0 radical (unpaired) electrons. The maximum atomic E-state index is 13.9. The van der Waals surface area contributed by atoms with Crippen molar-refractivity contribution in [1.82, 2.24) is 0 Å². The van der Waals surface area contributed by atoms with Crippen molar-refractivity contribution >= 4 is 20.4 Å². The molecule has 2 aromatic carbocycles. The smallest absolute Gasteiger partial charge is 0.342 e. The quantitative estimate of drug-likeness (QED) is 0.119. The number of hydrogen-bond acceptors (Lipinski definition) is 7. The van der Waals surface area contributed by atoms with Crippen molar-refractivity contribution in [1.29, 1.82) is 0 Å². The summed E-state index contributed by atoms with van der Waals surface area (Å²) >= 11 is 0. The second-order valence-electron chi connectivity index (χ2n) is 11.4. The highest BCUT2D eigenvalue weighted by Crippen LogP contribution is 2.39. The van der Waals surface area contributed by atoms with Crippen molar-refractivity contribution in [2.75, 3.05) is 27.6 Å². The van der Waals surface area contributed by atoms with E-state index in [4.69, 9.17) is 28.1 Å². The van der Waals surface area contributed by atoms with E-state index in [0.29, 0.717) is 30.9 Å². The van der Waals surface area contributed by atoms with Crippen LogP contribution in [0.2, 0.25) is 18.1 Å². The van der Waals surface area contributed by atoms with Gasteiger partial charge in [0, 0.05) is 13.5 Å². The van der Waals surface area contributed by atoms with Gasteiger partial charge in [-0.1, -0.05) is 81.5 Å². The Morgan fingerprint density at radius 3 is 2.37 bits per heavy atom. The first-order valence-corrected chi connectivity index (χ1v) is 16.8. The van der Waals surface area contributed by atoms with Crippen LogP contribution in [0.15, 0.2) is 72.8 Å². The summed E-state index contributed by atoms with van der Waals surface area (Å²) < 4.78 is 35.1. The average molecular weight is 581 g/mol. The van der Waals surface area contributed by atoms with Gasteiger partial charge >= 0.3 is 5.97 Å². The zero-order chi connectivity index (χ0) is 29.9. The van der Waals surface area contributed by atoms with Crippen LogP contribution in [0.25, 0.3) is 6.08 Å². The first-order valence-electron chi connectivity index (χ1n) is 13.9. The van der Waals surface area contributed by atoms with Gasteiger partial charge in [-0.15, -0.1) is 0 Å². The zero-order valence-corrected chi connectivity index (χ0v) is 26.3. The number of rotatable bonds is 11. The average Bonchev–Trinajstić information content (AvgIpc) is 2.92. The van der Waals surface area contributed by atoms with Gasteiger partial charge in [-0.3, -0.25) is 0 Å². The third-order valence-electron chi connectivity index (χ3n) is 7.32. The highest BCUT2D eigenvalue weighted by Gasteiger charge is 2.40. The summed E-state index contributed by atoms with van der Waals surface area (Å²) in [6.07, 6.45) is 10.6. The molecule has 0 unspecified atom stereocenters. The Kier molecular flexibility index (Phi) is 12.0. The van der Waals surface area contributed by atoms with Crippen LogP contribution >= 0.6 is 0 Å². The molecule has 0 saturated heterocycles.